The summed E-state index contributed by atoms with van der Waals surface area (Å²) in [7, 11) is -0.418. The lowest BCUT2D eigenvalue weighted by atomic mass is 9.79. The zero-order valence-corrected chi connectivity index (χ0v) is 25.4. The average Bonchev–Trinajstić information content (AvgIpc) is 3.39. The van der Waals surface area contributed by atoms with E-state index in [0.29, 0.717) is 6.42 Å². The monoisotopic (exact) mass is 541 g/mol. The van der Waals surface area contributed by atoms with E-state index in [1.54, 1.807) is 0 Å². The first-order chi connectivity index (χ1) is 18.1. The van der Waals surface area contributed by atoms with E-state index in [9.17, 15) is 9.59 Å². The zero-order valence-electron chi connectivity index (χ0n) is 25.4. The Morgan fingerprint density at radius 3 is 2.13 bits per heavy atom. The van der Waals surface area contributed by atoms with Gasteiger partial charge in [-0.15, -0.1) is 0 Å². The number of ether oxygens (including phenoxy) is 2. The first-order valence-electron chi connectivity index (χ1n) is 14.4. The largest absolute Gasteiger partial charge is 0.494 e. The molecule has 2 aliphatic rings. The van der Waals surface area contributed by atoms with Crippen molar-refractivity contribution in [2.75, 3.05) is 6.54 Å². The lowest BCUT2D eigenvalue weighted by molar-refractivity contribution is -0.155. The van der Waals surface area contributed by atoms with Gasteiger partial charge in [-0.25, -0.2) is 9.59 Å². The van der Waals surface area contributed by atoms with Crippen molar-refractivity contribution in [1.29, 1.82) is 0 Å². The van der Waals surface area contributed by atoms with E-state index in [1.165, 1.54) is 4.90 Å². The number of amides is 1. The Bertz CT molecular complexity index is 989. The van der Waals surface area contributed by atoms with Gasteiger partial charge in [0.2, 0.25) is 0 Å². The topological polar surface area (TPSA) is 74.3 Å². The highest BCUT2D eigenvalue weighted by Crippen LogP contribution is 2.36. The molecule has 0 bridgehead atoms. The van der Waals surface area contributed by atoms with E-state index in [-0.39, 0.29) is 24.5 Å². The minimum Gasteiger partial charge on any atom is -0.461 e. The van der Waals surface area contributed by atoms with Crippen LogP contribution in [0.1, 0.15) is 100.0 Å². The molecule has 0 unspecified atom stereocenters. The number of rotatable bonds is 9. The van der Waals surface area contributed by atoms with Crippen LogP contribution in [-0.2, 0) is 23.6 Å². The fourth-order valence-corrected chi connectivity index (χ4v) is 4.74. The molecule has 1 aromatic carbocycles. The van der Waals surface area contributed by atoms with E-state index in [1.807, 2.05) is 98.7 Å². The predicted octanol–water partition coefficient (Wildman–Crippen LogP) is 6.14. The van der Waals surface area contributed by atoms with E-state index >= 15 is 0 Å². The highest BCUT2D eigenvalue weighted by Gasteiger charge is 2.51. The van der Waals surface area contributed by atoms with Gasteiger partial charge in [-0.05, 0) is 97.5 Å². The molecular formula is C31H48BNO6. The zero-order chi connectivity index (χ0) is 29.0. The molecule has 8 heteroatoms. The molecule has 1 aliphatic heterocycles. The molecular weight excluding hydrogens is 493 g/mol. The second-order valence-corrected chi connectivity index (χ2v) is 13.3. The predicted molar refractivity (Wildman–Crippen MR) is 156 cm³/mol. The van der Waals surface area contributed by atoms with Gasteiger partial charge in [0.25, 0.3) is 0 Å². The third kappa shape index (κ3) is 8.58. The summed E-state index contributed by atoms with van der Waals surface area (Å²) in [5, 5.41) is 0. The van der Waals surface area contributed by atoms with Crippen molar-refractivity contribution in [2.24, 2.45) is 5.92 Å². The second kappa shape index (κ2) is 12.5. The van der Waals surface area contributed by atoms with Crippen LogP contribution >= 0.6 is 0 Å². The van der Waals surface area contributed by atoms with Gasteiger partial charge in [0.05, 0.1) is 11.2 Å². The molecule has 1 aliphatic carbocycles. The molecule has 39 heavy (non-hydrogen) atoms. The fraction of sp³-hybridized carbons (Fsp3) is 0.677. The molecule has 7 nitrogen and oxygen atoms in total. The molecule has 1 heterocycles. The molecule has 1 amide bonds. The van der Waals surface area contributed by atoms with Crippen molar-refractivity contribution in [1.82, 2.24) is 4.90 Å². The van der Waals surface area contributed by atoms with Crippen molar-refractivity contribution < 1.29 is 28.4 Å². The highest BCUT2D eigenvalue weighted by atomic mass is 16.7. The van der Waals surface area contributed by atoms with Gasteiger partial charge >= 0.3 is 19.2 Å². The van der Waals surface area contributed by atoms with Gasteiger partial charge in [0.1, 0.15) is 17.7 Å². The minimum atomic E-state index is -0.712. The van der Waals surface area contributed by atoms with Gasteiger partial charge in [-0.3, -0.25) is 4.90 Å². The van der Waals surface area contributed by atoms with Crippen LogP contribution in [0.3, 0.4) is 0 Å². The van der Waals surface area contributed by atoms with E-state index < -0.39 is 36.1 Å². The van der Waals surface area contributed by atoms with Crippen LogP contribution in [0.25, 0.3) is 6.08 Å². The van der Waals surface area contributed by atoms with E-state index in [2.05, 4.69) is 0 Å². The van der Waals surface area contributed by atoms with Gasteiger partial charge < -0.3 is 18.8 Å². The second-order valence-electron chi connectivity index (χ2n) is 13.3. The number of carbonyl (C=O) groups excluding carboxylic acids is 2. The van der Waals surface area contributed by atoms with Crippen molar-refractivity contribution in [2.45, 2.75) is 123 Å². The summed E-state index contributed by atoms with van der Waals surface area (Å²) in [6, 6.07) is 7.27. The van der Waals surface area contributed by atoms with E-state index in [0.717, 1.165) is 36.7 Å². The number of hydrogen-bond acceptors (Lipinski definition) is 6. The third-order valence-corrected chi connectivity index (χ3v) is 7.63. The SMILES string of the molecule is CC(C)C[C@H](C(=O)OC1CCCC1)N(C/C=C/c1ccc(B2OC(C)(C)C(C)(C)O2)cc1)C(=O)OC(C)(C)C. The number of hydrogen-bond donors (Lipinski definition) is 0. The maximum atomic E-state index is 13.3. The summed E-state index contributed by atoms with van der Waals surface area (Å²) >= 11 is 0. The van der Waals surface area contributed by atoms with Crippen molar-refractivity contribution in [3.8, 4) is 0 Å². The van der Waals surface area contributed by atoms with Crippen LogP contribution in [0.2, 0.25) is 0 Å². The van der Waals surface area contributed by atoms with Crippen LogP contribution in [-0.4, -0.2) is 59.6 Å². The average molecular weight is 542 g/mol. The molecule has 2 fully saturated rings. The van der Waals surface area contributed by atoms with Crippen LogP contribution in [0.15, 0.2) is 30.3 Å². The van der Waals surface area contributed by atoms with Gasteiger partial charge in [0.15, 0.2) is 0 Å². The first-order valence-corrected chi connectivity index (χ1v) is 14.4. The highest BCUT2D eigenvalue weighted by molar-refractivity contribution is 6.62. The molecule has 3 rings (SSSR count). The Hall–Kier alpha value is -2.32. The van der Waals surface area contributed by atoms with Crippen molar-refractivity contribution in [3.63, 3.8) is 0 Å². The van der Waals surface area contributed by atoms with Crippen molar-refractivity contribution in [3.05, 3.63) is 35.9 Å². The molecule has 1 atom stereocenters. The Labute approximate surface area is 235 Å². The quantitative estimate of drug-likeness (QED) is 0.276. The fourth-order valence-electron chi connectivity index (χ4n) is 4.74. The maximum absolute atomic E-state index is 13.3. The summed E-state index contributed by atoms with van der Waals surface area (Å²) < 4.78 is 23.9. The molecule has 0 radical (unpaired) electrons. The van der Waals surface area contributed by atoms with Crippen LogP contribution in [0, 0.1) is 5.92 Å². The number of nitrogens with zero attached hydrogens (tertiary/aromatic N) is 1. The summed E-state index contributed by atoms with van der Waals surface area (Å²) in [6.45, 7) is 17.9. The van der Waals surface area contributed by atoms with Crippen molar-refractivity contribution >= 4 is 30.7 Å². The summed E-state index contributed by atoms with van der Waals surface area (Å²) in [4.78, 5) is 28.1. The van der Waals surface area contributed by atoms with Gasteiger partial charge in [-0.2, -0.15) is 0 Å². The normalized spacial score (nSPS) is 20.0. The molecule has 216 valence electrons. The summed E-state index contributed by atoms with van der Waals surface area (Å²) in [5.41, 5.74) is 0.445. The molecule has 0 aromatic heterocycles. The number of carbonyl (C=O) groups is 2. The van der Waals surface area contributed by atoms with E-state index in [4.69, 9.17) is 18.8 Å². The number of benzene rings is 1. The third-order valence-electron chi connectivity index (χ3n) is 7.63. The van der Waals surface area contributed by atoms with Gasteiger partial charge in [0, 0.05) is 6.54 Å². The Balaban J connectivity index is 1.75. The smallest absolute Gasteiger partial charge is 0.461 e. The maximum Gasteiger partial charge on any atom is 0.494 e. The lowest BCUT2D eigenvalue weighted by Crippen LogP contribution is -2.49. The molecule has 0 N–H and O–H groups in total. The summed E-state index contributed by atoms with van der Waals surface area (Å²) in [6.07, 6.45) is 7.66. The standard InChI is InChI=1S/C31H48BNO6/c1-22(2)21-26(27(34)36-25-14-10-11-15-25)33(28(35)37-29(3,4)5)20-12-13-23-16-18-24(19-17-23)32-38-30(6,7)31(8,9)39-32/h12-13,16-19,22,25-26H,10-11,14-15,20-21H2,1-9H3/b13-12+/t26-/m1/s1. The Morgan fingerprint density at radius 2 is 1.62 bits per heavy atom. The molecule has 0 spiro atoms. The van der Waals surface area contributed by atoms with Crippen LogP contribution < -0.4 is 5.46 Å². The molecule has 1 saturated carbocycles. The number of esters is 1. The van der Waals surface area contributed by atoms with Crippen LogP contribution in [0.4, 0.5) is 4.79 Å². The lowest BCUT2D eigenvalue weighted by Gasteiger charge is -2.33. The van der Waals surface area contributed by atoms with Gasteiger partial charge in [-0.1, -0.05) is 50.3 Å². The summed E-state index contributed by atoms with van der Waals surface area (Å²) in [5.74, 6) is -0.149. The molecule has 1 aromatic rings. The minimum absolute atomic E-state index is 0.0642. The Morgan fingerprint density at radius 1 is 1.05 bits per heavy atom. The molecule has 1 saturated heterocycles. The Kier molecular flexibility index (Phi) is 9.98. The van der Waals surface area contributed by atoms with Crippen LogP contribution in [0.5, 0.6) is 0 Å². The first kappa shape index (κ1) is 31.2.